The lowest BCUT2D eigenvalue weighted by Gasteiger charge is -2.45. The highest BCUT2D eigenvalue weighted by Gasteiger charge is 2.55. The molecule has 57 heavy (non-hydrogen) atoms. The average molecular weight is 795 g/mol. The van der Waals surface area contributed by atoms with Crippen molar-refractivity contribution in [2.75, 3.05) is 20.3 Å². The average Bonchev–Trinajstić information content (AvgIpc) is 3.51. The molecule has 0 radical (unpaired) electrons. The molecule has 0 unspecified atom stereocenters. The first-order valence-electron chi connectivity index (χ1n) is 18.6. The summed E-state index contributed by atoms with van der Waals surface area (Å²) in [6.45, 7) is 4.57. The molecule has 2 saturated heterocycles. The fourth-order valence-electron chi connectivity index (χ4n) is 6.59. The van der Waals surface area contributed by atoms with E-state index < -0.39 is 91.9 Å². The van der Waals surface area contributed by atoms with E-state index in [4.69, 9.17) is 52.1 Å². The first-order valence-corrected chi connectivity index (χ1v) is 18.6. The van der Waals surface area contributed by atoms with Crippen molar-refractivity contribution in [1.29, 1.82) is 0 Å². The predicted octanol–water partition coefficient (Wildman–Crippen LogP) is 4.21. The number of esters is 4. The van der Waals surface area contributed by atoms with Crippen molar-refractivity contribution in [1.82, 2.24) is 0 Å². The summed E-state index contributed by atoms with van der Waals surface area (Å²) in [6.07, 6.45) is -10.9. The van der Waals surface area contributed by atoms with Crippen LogP contribution in [-0.4, -0.2) is 106 Å². The van der Waals surface area contributed by atoms with Gasteiger partial charge in [-0.05, 0) is 16.7 Å². The zero-order chi connectivity index (χ0) is 40.7. The Bertz CT molecular complexity index is 1710. The topological polar surface area (TPSA) is 170 Å². The normalized spacial score (nSPS) is 26.2. The van der Waals surface area contributed by atoms with Gasteiger partial charge in [-0.3, -0.25) is 19.2 Å². The lowest BCUT2D eigenvalue weighted by atomic mass is 9.97. The van der Waals surface area contributed by atoms with Crippen LogP contribution >= 0.6 is 0 Å². The summed E-state index contributed by atoms with van der Waals surface area (Å²) in [5.41, 5.74) is 2.73. The number of hydrogen-bond acceptors (Lipinski definition) is 15. The summed E-state index contributed by atoms with van der Waals surface area (Å²) >= 11 is 0. The van der Waals surface area contributed by atoms with Crippen molar-refractivity contribution in [3.05, 3.63) is 108 Å². The minimum absolute atomic E-state index is 0.173. The Kier molecular flexibility index (Phi) is 16.5. The van der Waals surface area contributed by atoms with Crippen molar-refractivity contribution in [3.8, 4) is 0 Å². The zero-order valence-corrected chi connectivity index (χ0v) is 32.6. The van der Waals surface area contributed by atoms with Crippen molar-refractivity contribution < 1.29 is 71.3 Å². The summed E-state index contributed by atoms with van der Waals surface area (Å²) < 4.78 is 66.5. The summed E-state index contributed by atoms with van der Waals surface area (Å²) in [5.74, 6) is -2.86. The summed E-state index contributed by atoms with van der Waals surface area (Å²) in [7, 11) is 1.49. The Morgan fingerprint density at radius 1 is 0.544 bits per heavy atom. The number of benzene rings is 3. The van der Waals surface area contributed by atoms with Crippen LogP contribution in [0.4, 0.5) is 0 Å². The molecule has 0 spiro atoms. The third-order valence-corrected chi connectivity index (χ3v) is 9.05. The number of ether oxygens (including phenoxy) is 11. The van der Waals surface area contributed by atoms with Crippen molar-refractivity contribution in [2.24, 2.45) is 0 Å². The zero-order valence-electron chi connectivity index (χ0n) is 32.6. The van der Waals surface area contributed by atoms with E-state index in [1.165, 1.54) is 21.0 Å². The fraction of sp³-hybridized carbons (Fsp3) is 0.476. The molecule has 15 heteroatoms. The first-order chi connectivity index (χ1) is 27.5. The predicted molar refractivity (Wildman–Crippen MR) is 199 cm³/mol. The van der Waals surface area contributed by atoms with E-state index in [9.17, 15) is 19.2 Å². The summed E-state index contributed by atoms with van der Waals surface area (Å²) in [5, 5.41) is 0. The largest absolute Gasteiger partial charge is 0.462 e. The maximum atomic E-state index is 12.4. The maximum absolute atomic E-state index is 12.4. The van der Waals surface area contributed by atoms with Crippen LogP contribution in [0, 0.1) is 0 Å². The van der Waals surface area contributed by atoms with Gasteiger partial charge in [-0.1, -0.05) is 91.0 Å². The molecule has 2 aliphatic heterocycles. The van der Waals surface area contributed by atoms with Crippen LogP contribution in [-0.2, 0) is 91.1 Å². The molecule has 15 nitrogen and oxygen atoms in total. The van der Waals surface area contributed by atoms with Crippen LogP contribution in [0.2, 0.25) is 0 Å². The third kappa shape index (κ3) is 12.9. The SMILES string of the molecule is CO[C@H]1O[C@H](CO[C@@H]2O[C@@H]([C@@H](COC(C)=O)OC(C)=O)[C@H](OC(C)=O)[C@H]2OC(C)=O)[C@@H](OCc2ccccc2)[C@H](OCc2ccccc2)[C@@H]1OCc1ccccc1. The molecular formula is C42H50O15. The highest BCUT2D eigenvalue weighted by Crippen LogP contribution is 2.35. The number of carbonyl (C=O) groups excluding carboxylic acids is 4. The molecule has 2 heterocycles. The highest BCUT2D eigenvalue weighted by atomic mass is 16.8. The molecule has 0 saturated carbocycles. The van der Waals surface area contributed by atoms with E-state index in [2.05, 4.69) is 0 Å². The van der Waals surface area contributed by atoms with Gasteiger partial charge in [0.05, 0.1) is 26.4 Å². The van der Waals surface area contributed by atoms with Gasteiger partial charge in [0.1, 0.15) is 37.1 Å². The molecule has 3 aromatic carbocycles. The second-order valence-electron chi connectivity index (χ2n) is 13.5. The van der Waals surface area contributed by atoms with Crippen molar-refractivity contribution in [2.45, 2.75) is 109 Å². The van der Waals surface area contributed by atoms with E-state index >= 15 is 0 Å². The van der Waals surface area contributed by atoms with Gasteiger partial charge >= 0.3 is 23.9 Å². The molecule has 0 amide bonds. The first kappa shape index (κ1) is 43.4. The van der Waals surface area contributed by atoms with Gasteiger partial charge in [-0.15, -0.1) is 0 Å². The molecule has 5 rings (SSSR count). The van der Waals surface area contributed by atoms with Crippen LogP contribution in [0.15, 0.2) is 91.0 Å². The monoisotopic (exact) mass is 794 g/mol. The number of hydrogen-bond donors (Lipinski definition) is 0. The van der Waals surface area contributed by atoms with E-state index in [0.29, 0.717) is 0 Å². The van der Waals surface area contributed by atoms with Crippen LogP contribution in [0.1, 0.15) is 44.4 Å². The number of carbonyl (C=O) groups is 4. The van der Waals surface area contributed by atoms with E-state index in [0.717, 1.165) is 30.5 Å². The van der Waals surface area contributed by atoms with Crippen LogP contribution in [0.3, 0.4) is 0 Å². The molecular weight excluding hydrogens is 744 g/mol. The van der Waals surface area contributed by atoms with Gasteiger partial charge in [0.15, 0.2) is 30.9 Å². The minimum Gasteiger partial charge on any atom is -0.462 e. The van der Waals surface area contributed by atoms with Gasteiger partial charge in [0, 0.05) is 34.8 Å². The smallest absolute Gasteiger partial charge is 0.303 e. The molecule has 2 fully saturated rings. The maximum Gasteiger partial charge on any atom is 0.303 e. The fourth-order valence-corrected chi connectivity index (χ4v) is 6.59. The standard InChI is InChI=1S/C42H50O15/c1-26(43)48-24-34(53-27(2)44)36-38(54-28(3)45)40(55-29(4)46)42(57-36)52-25-33-35(49-21-30-15-9-6-10-16-30)37(50-22-31-17-11-7-12-18-31)39(41(47-5)56-33)51-23-32-19-13-8-14-20-32/h6-20,33-42H,21-25H2,1-5H3/t33-,34-,35-,36+,37+,38+,39+,40-,41+,42-/m1/s1. The Morgan fingerprint density at radius 2 is 1.04 bits per heavy atom. The van der Waals surface area contributed by atoms with Gasteiger partial charge in [-0.2, -0.15) is 0 Å². The minimum atomic E-state index is -1.39. The van der Waals surface area contributed by atoms with Crippen molar-refractivity contribution >= 4 is 23.9 Å². The van der Waals surface area contributed by atoms with E-state index in [-0.39, 0.29) is 26.4 Å². The Labute approximate surface area is 331 Å². The molecule has 0 aliphatic carbocycles. The van der Waals surface area contributed by atoms with E-state index in [1.54, 1.807) is 0 Å². The molecule has 2 aliphatic rings. The Morgan fingerprint density at radius 3 is 1.51 bits per heavy atom. The van der Waals surface area contributed by atoms with Crippen molar-refractivity contribution in [3.63, 3.8) is 0 Å². The van der Waals surface area contributed by atoms with Gasteiger partial charge in [0.2, 0.25) is 0 Å². The van der Waals surface area contributed by atoms with E-state index in [1.807, 2.05) is 91.0 Å². The second-order valence-corrected chi connectivity index (χ2v) is 13.5. The number of rotatable bonds is 19. The molecule has 10 atom stereocenters. The quantitative estimate of drug-likeness (QED) is 0.125. The van der Waals surface area contributed by atoms with Crippen LogP contribution < -0.4 is 0 Å². The highest BCUT2D eigenvalue weighted by molar-refractivity contribution is 5.68. The number of methoxy groups -OCH3 is 1. The lowest BCUT2D eigenvalue weighted by molar-refractivity contribution is -0.328. The van der Waals surface area contributed by atoms with Gasteiger partial charge in [0.25, 0.3) is 0 Å². The van der Waals surface area contributed by atoms with Crippen LogP contribution in [0.25, 0.3) is 0 Å². The Hall–Kier alpha value is -4.74. The molecule has 0 N–H and O–H groups in total. The Balaban J connectivity index is 1.46. The third-order valence-electron chi connectivity index (χ3n) is 9.05. The lowest BCUT2D eigenvalue weighted by Crippen LogP contribution is -2.61. The summed E-state index contributed by atoms with van der Waals surface area (Å²) in [4.78, 5) is 48.6. The van der Waals surface area contributed by atoms with Gasteiger partial charge in [-0.25, -0.2) is 0 Å². The van der Waals surface area contributed by atoms with Crippen LogP contribution in [0.5, 0.6) is 0 Å². The molecule has 3 aromatic rings. The summed E-state index contributed by atoms with van der Waals surface area (Å²) in [6, 6.07) is 28.9. The van der Waals surface area contributed by atoms with Gasteiger partial charge < -0.3 is 52.1 Å². The second kappa shape index (κ2) is 21.7. The molecule has 308 valence electrons. The molecule has 0 aromatic heterocycles. The molecule has 0 bridgehead atoms.